The van der Waals surface area contributed by atoms with Crippen LogP contribution in [0.25, 0.3) is 11.0 Å². The van der Waals surface area contributed by atoms with Gasteiger partial charge in [0.15, 0.2) is 0 Å². The first-order valence-electron chi connectivity index (χ1n) is 5.64. The van der Waals surface area contributed by atoms with Gasteiger partial charge in [0.1, 0.15) is 5.82 Å². The van der Waals surface area contributed by atoms with Crippen LogP contribution in [0.15, 0.2) is 18.2 Å². The van der Waals surface area contributed by atoms with Gasteiger partial charge in [-0.15, -0.1) is 0 Å². The second-order valence-electron chi connectivity index (χ2n) is 3.96. The molecule has 1 N–H and O–H groups in total. The number of hydrogen-bond acceptors (Lipinski definition) is 2. The van der Waals surface area contributed by atoms with Crippen molar-refractivity contribution in [1.29, 1.82) is 0 Å². The molecular formula is C12H13F3N2O. The van der Waals surface area contributed by atoms with Crippen LogP contribution in [0.4, 0.5) is 13.2 Å². The molecule has 1 aromatic heterocycles. The molecule has 98 valence electrons. The number of aliphatic hydroxyl groups excluding tert-OH is 1. The SMILES string of the molecule is CCc1nc2cc(C(F)(F)F)ccc2n1CCO. The van der Waals surface area contributed by atoms with Gasteiger partial charge in [0.25, 0.3) is 0 Å². The summed E-state index contributed by atoms with van der Waals surface area (Å²) >= 11 is 0. The fourth-order valence-electron chi connectivity index (χ4n) is 1.98. The Kier molecular flexibility index (Phi) is 3.30. The number of rotatable bonds is 3. The summed E-state index contributed by atoms with van der Waals surface area (Å²) in [5, 5.41) is 8.97. The molecule has 0 aliphatic heterocycles. The molecule has 2 aromatic rings. The third kappa shape index (κ3) is 2.20. The highest BCUT2D eigenvalue weighted by molar-refractivity contribution is 5.77. The number of aliphatic hydroxyl groups is 1. The van der Waals surface area contributed by atoms with Crippen LogP contribution in [-0.2, 0) is 19.1 Å². The van der Waals surface area contributed by atoms with E-state index in [0.29, 0.717) is 29.8 Å². The minimum Gasteiger partial charge on any atom is -0.395 e. The summed E-state index contributed by atoms with van der Waals surface area (Å²) in [6.45, 7) is 2.14. The summed E-state index contributed by atoms with van der Waals surface area (Å²) in [5.41, 5.74) is 0.232. The van der Waals surface area contributed by atoms with Crippen LogP contribution in [-0.4, -0.2) is 21.3 Å². The van der Waals surface area contributed by atoms with Crippen molar-refractivity contribution < 1.29 is 18.3 Å². The van der Waals surface area contributed by atoms with Gasteiger partial charge in [0.05, 0.1) is 23.2 Å². The van der Waals surface area contributed by atoms with E-state index in [-0.39, 0.29) is 6.61 Å². The van der Waals surface area contributed by atoms with Gasteiger partial charge in [-0.1, -0.05) is 6.92 Å². The molecule has 1 aromatic carbocycles. The molecule has 0 amide bonds. The van der Waals surface area contributed by atoms with E-state index in [1.807, 2.05) is 6.92 Å². The van der Waals surface area contributed by atoms with Gasteiger partial charge in [-0.05, 0) is 18.2 Å². The lowest BCUT2D eigenvalue weighted by Crippen LogP contribution is -2.06. The Bertz CT molecular complexity index is 560. The Balaban J connectivity index is 2.59. The van der Waals surface area contributed by atoms with Crippen molar-refractivity contribution in [3.63, 3.8) is 0 Å². The quantitative estimate of drug-likeness (QED) is 0.919. The molecule has 0 bridgehead atoms. The molecule has 0 radical (unpaired) electrons. The number of aryl methyl sites for hydroxylation is 1. The molecule has 6 heteroatoms. The molecule has 0 atom stereocenters. The highest BCUT2D eigenvalue weighted by Crippen LogP contribution is 2.31. The van der Waals surface area contributed by atoms with E-state index in [2.05, 4.69) is 4.98 Å². The van der Waals surface area contributed by atoms with E-state index >= 15 is 0 Å². The Hall–Kier alpha value is -1.56. The Morgan fingerprint density at radius 3 is 2.61 bits per heavy atom. The standard InChI is InChI=1S/C12H13F3N2O/c1-2-11-16-9-7-8(12(13,14)15)3-4-10(9)17(11)5-6-18/h3-4,7,18H,2,5-6H2,1H3. The Labute approximate surface area is 102 Å². The van der Waals surface area contributed by atoms with Gasteiger partial charge in [-0.2, -0.15) is 13.2 Å². The van der Waals surface area contributed by atoms with Crippen molar-refractivity contribution in [2.75, 3.05) is 6.61 Å². The monoisotopic (exact) mass is 258 g/mol. The maximum absolute atomic E-state index is 12.6. The molecule has 0 spiro atoms. The van der Waals surface area contributed by atoms with E-state index in [1.165, 1.54) is 6.07 Å². The van der Waals surface area contributed by atoms with Gasteiger partial charge in [0.2, 0.25) is 0 Å². The number of hydrogen-bond donors (Lipinski definition) is 1. The second kappa shape index (κ2) is 4.61. The van der Waals surface area contributed by atoms with Crippen molar-refractivity contribution in [3.8, 4) is 0 Å². The third-order valence-electron chi connectivity index (χ3n) is 2.79. The molecule has 0 unspecified atom stereocenters. The van der Waals surface area contributed by atoms with Crippen LogP contribution in [0, 0.1) is 0 Å². The zero-order valence-electron chi connectivity index (χ0n) is 9.83. The van der Waals surface area contributed by atoms with Crippen molar-refractivity contribution in [2.45, 2.75) is 26.1 Å². The predicted molar refractivity (Wildman–Crippen MR) is 61.2 cm³/mol. The van der Waals surface area contributed by atoms with Crippen molar-refractivity contribution in [1.82, 2.24) is 9.55 Å². The summed E-state index contributed by atoms with van der Waals surface area (Å²) in [7, 11) is 0. The van der Waals surface area contributed by atoms with Gasteiger partial charge >= 0.3 is 6.18 Å². The summed E-state index contributed by atoms with van der Waals surface area (Å²) in [6, 6.07) is 3.49. The molecule has 18 heavy (non-hydrogen) atoms. The number of aromatic nitrogens is 2. The summed E-state index contributed by atoms with van der Waals surface area (Å²) in [4.78, 5) is 4.18. The maximum atomic E-state index is 12.6. The van der Waals surface area contributed by atoms with Crippen molar-refractivity contribution in [2.24, 2.45) is 0 Å². The number of nitrogens with zero attached hydrogens (tertiary/aromatic N) is 2. The van der Waals surface area contributed by atoms with Gasteiger partial charge in [-0.3, -0.25) is 0 Å². The molecule has 0 aliphatic rings. The number of imidazole rings is 1. The largest absolute Gasteiger partial charge is 0.416 e. The fourth-order valence-corrected chi connectivity index (χ4v) is 1.98. The van der Waals surface area contributed by atoms with Crippen LogP contribution >= 0.6 is 0 Å². The number of benzene rings is 1. The normalized spacial score (nSPS) is 12.3. The summed E-state index contributed by atoms with van der Waals surface area (Å²) in [6.07, 6.45) is -3.75. The topological polar surface area (TPSA) is 38.0 Å². The number of fused-ring (bicyclic) bond motifs is 1. The maximum Gasteiger partial charge on any atom is 0.416 e. The Morgan fingerprint density at radius 1 is 1.33 bits per heavy atom. The lowest BCUT2D eigenvalue weighted by atomic mass is 10.2. The summed E-state index contributed by atoms with van der Waals surface area (Å²) in [5.74, 6) is 0.679. The summed E-state index contributed by atoms with van der Waals surface area (Å²) < 4.78 is 39.5. The third-order valence-corrected chi connectivity index (χ3v) is 2.79. The molecule has 3 nitrogen and oxygen atoms in total. The molecule has 0 saturated carbocycles. The average molecular weight is 258 g/mol. The smallest absolute Gasteiger partial charge is 0.395 e. The molecular weight excluding hydrogens is 245 g/mol. The minimum absolute atomic E-state index is 0.0700. The minimum atomic E-state index is -4.36. The van der Waals surface area contributed by atoms with Crippen LogP contribution in [0.5, 0.6) is 0 Å². The number of alkyl halides is 3. The highest BCUT2D eigenvalue weighted by Gasteiger charge is 2.31. The lowest BCUT2D eigenvalue weighted by Gasteiger charge is -2.07. The molecule has 0 aliphatic carbocycles. The highest BCUT2D eigenvalue weighted by atomic mass is 19.4. The first-order chi connectivity index (χ1) is 8.47. The van der Waals surface area contributed by atoms with E-state index in [4.69, 9.17) is 5.11 Å². The second-order valence-corrected chi connectivity index (χ2v) is 3.96. The fraction of sp³-hybridized carbons (Fsp3) is 0.417. The van der Waals surface area contributed by atoms with Crippen LogP contribution in [0.3, 0.4) is 0 Å². The van der Waals surface area contributed by atoms with Crippen molar-refractivity contribution >= 4 is 11.0 Å². The Morgan fingerprint density at radius 2 is 2.06 bits per heavy atom. The van der Waals surface area contributed by atoms with Crippen LogP contribution in [0.2, 0.25) is 0 Å². The number of halogens is 3. The molecule has 2 rings (SSSR count). The average Bonchev–Trinajstić information content (AvgIpc) is 2.66. The zero-order valence-corrected chi connectivity index (χ0v) is 9.83. The first-order valence-corrected chi connectivity index (χ1v) is 5.64. The van der Waals surface area contributed by atoms with E-state index in [0.717, 1.165) is 12.1 Å². The van der Waals surface area contributed by atoms with E-state index in [9.17, 15) is 13.2 Å². The van der Waals surface area contributed by atoms with Crippen LogP contribution < -0.4 is 0 Å². The molecule has 0 fully saturated rings. The molecule has 1 heterocycles. The van der Waals surface area contributed by atoms with E-state index in [1.54, 1.807) is 4.57 Å². The first kappa shape index (κ1) is 12.9. The van der Waals surface area contributed by atoms with Gasteiger partial charge in [-0.25, -0.2) is 4.98 Å². The van der Waals surface area contributed by atoms with Crippen LogP contribution in [0.1, 0.15) is 18.3 Å². The predicted octanol–water partition coefficient (Wildman–Crippen LogP) is 2.61. The van der Waals surface area contributed by atoms with Gasteiger partial charge < -0.3 is 9.67 Å². The zero-order chi connectivity index (χ0) is 13.3. The van der Waals surface area contributed by atoms with Crippen molar-refractivity contribution in [3.05, 3.63) is 29.6 Å². The van der Waals surface area contributed by atoms with E-state index < -0.39 is 11.7 Å². The lowest BCUT2D eigenvalue weighted by molar-refractivity contribution is -0.137. The van der Waals surface area contributed by atoms with Gasteiger partial charge in [0, 0.05) is 13.0 Å². The molecule has 0 saturated heterocycles.